The van der Waals surface area contributed by atoms with Crippen molar-refractivity contribution in [1.82, 2.24) is 14.3 Å². The largest absolute Gasteiger partial charge is 0.473 e. The molecule has 0 aliphatic carbocycles. The molecule has 138 valence electrons. The van der Waals surface area contributed by atoms with Gasteiger partial charge in [-0.3, -0.25) is 0 Å². The molecule has 26 heavy (non-hydrogen) atoms. The molecule has 0 N–H and O–H groups in total. The van der Waals surface area contributed by atoms with Crippen LogP contribution in [-0.2, 0) is 14.8 Å². The van der Waals surface area contributed by atoms with E-state index in [2.05, 4.69) is 14.7 Å². The zero-order valence-corrected chi connectivity index (χ0v) is 15.1. The van der Waals surface area contributed by atoms with Gasteiger partial charge in [-0.25, -0.2) is 23.2 Å². The Labute approximate surface area is 151 Å². The predicted octanol–water partition coefficient (Wildman–Crippen LogP) is 1.50. The fourth-order valence-corrected chi connectivity index (χ4v) is 4.28. The molecule has 2 heterocycles. The molecule has 1 aromatic heterocycles. The molecule has 2 aromatic rings. The molecular formula is C17H19N3O5S. The van der Waals surface area contributed by atoms with Crippen molar-refractivity contribution in [3.63, 3.8) is 0 Å². The number of ether oxygens (including phenoxy) is 2. The Balaban J connectivity index is 1.73. The van der Waals surface area contributed by atoms with Crippen molar-refractivity contribution in [2.75, 3.05) is 20.2 Å². The summed E-state index contributed by atoms with van der Waals surface area (Å²) in [5.41, 5.74) is 0.301. The van der Waals surface area contributed by atoms with Crippen molar-refractivity contribution in [2.45, 2.75) is 23.8 Å². The van der Waals surface area contributed by atoms with E-state index in [-0.39, 0.29) is 17.5 Å². The van der Waals surface area contributed by atoms with Crippen LogP contribution >= 0.6 is 0 Å². The Morgan fingerprint density at radius 3 is 2.65 bits per heavy atom. The molecule has 0 saturated carbocycles. The summed E-state index contributed by atoms with van der Waals surface area (Å²) in [7, 11) is -2.39. The quantitative estimate of drug-likeness (QED) is 0.728. The highest BCUT2D eigenvalue weighted by atomic mass is 32.2. The molecule has 0 amide bonds. The summed E-state index contributed by atoms with van der Waals surface area (Å²) in [5.74, 6) is -0.0862. The Kier molecular flexibility index (Phi) is 5.48. The number of carbonyl (C=O) groups is 1. The van der Waals surface area contributed by atoms with Crippen molar-refractivity contribution in [2.24, 2.45) is 0 Å². The van der Waals surface area contributed by atoms with Crippen LogP contribution in [0.2, 0.25) is 0 Å². The van der Waals surface area contributed by atoms with E-state index in [4.69, 9.17) is 4.74 Å². The van der Waals surface area contributed by atoms with E-state index in [1.807, 2.05) is 0 Å². The van der Waals surface area contributed by atoms with Gasteiger partial charge in [-0.15, -0.1) is 0 Å². The summed E-state index contributed by atoms with van der Waals surface area (Å²) < 4.78 is 37.5. The number of hydrogen-bond acceptors (Lipinski definition) is 7. The van der Waals surface area contributed by atoms with Crippen LogP contribution in [-0.4, -0.2) is 55.0 Å². The average Bonchev–Trinajstić information content (AvgIpc) is 2.68. The van der Waals surface area contributed by atoms with E-state index < -0.39 is 16.0 Å². The summed E-state index contributed by atoms with van der Waals surface area (Å²) in [6.45, 7) is 0.663. The molecule has 0 bridgehead atoms. The molecule has 1 fully saturated rings. The summed E-state index contributed by atoms with van der Waals surface area (Å²) in [6, 6.07) is 7.35. The third kappa shape index (κ3) is 4.00. The lowest BCUT2D eigenvalue weighted by molar-refractivity contribution is 0.0600. The Morgan fingerprint density at radius 1 is 1.23 bits per heavy atom. The smallest absolute Gasteiger partial charge is 0.337 e. The number of esters is 1. The number of hydrogen-bond donors (Lipinski definition) is 0. The summed E-state index contributed by atoms with van der Waals surface area (Å²) in [6.07, 6.45) is 4.12. The topological polar surface area (TPSA) is 98.7 Å². The lowest BCUT2D eigenvalue weighted by Gasteiger charge is -2.31. The molecule has 1 aromatic carbocycles. The van der Waals surface area contributed by atoms with E-state index in [1.165, 1.54) is 42.0 Å². The van der Waals surface area contributed by atoms with Gasteiger partial charge in [-0.2, -0.15) is 4.31 Å². The van der Waals surface area contributed by atoms with Crippen molar-refractivity contribution in [3.8, 4) is 5.88 Å². The minimum absolute atomic E-state index is 0.132. The van der Waals surface area contributed by atoms with Gasteiger partial charge in [-0.1, -0.05) is 0 Å². The number of methoxy groups -OCH3 is 1. The van der Waals surface area contributed by atoms with Gasteiger partial charge in [0.2, 0.25) is 15.9 Å². The molecule has 8 nitrogen and oxygen atoms in total. The number of benzene rings is 1. The van der Waals surface area contributed by atoms with E-state index in [0.717, 1.165) is 6.42 Å². The van der Waals surface area contributed by atoms with Gasteiger partial charge in [0.1, 0.15) is 12.4 Å². The molecule has 3 rings (SSSR count). The standard InChI is InChI=1S/C17H19N3O5S/c1-24-17(21)13-4-6-15(7-5-13)26(22,23)20-10-2-3-14(11-20)25-16-8-9-18-12-19-16/h4-9,12,14H,2-3,10-11H2,1H3/t14-/m0/s1. The summed E-state index contributed by atoms with van der Waals surface area (Å²) in [4.78, 5) is 19.5. The van der Waals surface area contributed by atoms with E-state index in [1.54, 1.807) is 12.3 Å². The Bertz CT molecular complexity index is 856. The number of rotatable bonds is 5. The zero-order valence-electron chi connectivity index (χ0n) is 14.2. The minimum atomic E-state index is -3.67. The van der Waals surface area contributed by atoms with Gasteiger partial charge < -0.3 is 9.47 Å². The zero-order chi connectivity index (χ0) is 18.6. The maximum absolute atomic E-state index is 12.9. The summed E-state index contributed by atoms with van der Waals surface area (Å²) >= 11 is 0. The van der Waals surface area contributed by atoms with E-state index >= 15 is 0 Å². The van der Waals surface area contributed by atoms with Gasteiger partial charge in [-0.05, 0) is 37.1 Å². The van der Waals surface area contributed by atoms with Crippen LogP contribution in [0, 0.1) is 0 Å². The third-order valence-electron chi connectivity index (χ3n) is 4.10. The highest BCUT2D eigenvalue weighted by Crippen LogP contribution is 2.23. The molecule has 0 unspecified atom stereocenters. The van der Waals surface area contributed by atoms with Crippen LogP contribution in [0.25, 0.3) is 0 Å². The Morgan fingerprint density at radius 2 is 2.00 bits per heavy atom. The van der Waals surface area contributed by atoms with Crippen LogP contribution in [0.1, 0.15) is 23.2 Å². The number of carbonyl (C=O) groups excluding carboxylic acids is 1. The third-order valence-corrected chi connectivity index (χ3v) is 5.98. The van der Waals surface area contributed by atoms with Crippen LogP contribution in [0.15, 0.2) is 47.8 Å². The molecule has 0 spiro atoms. The van der Waals surface area contributed by atoms with Gasteiger partial charge in [0, 0.05) is 18.8 Å². The fourth-order valence-electron chi connectivity index (χ4n) is 2.77. The SMILES string of the molecule is COC(=O)c1ccc(S(=O)(=O)N2CCC[C@H](Oc3ccncn3)C2)cc1. The molecule has 1 aliphatic rings. The second kappa shape index (κ2) is 7.79. The van der Waals surface area contributed by atoms with Crippen LogP contribution in [0.3, 0.4) is 0 Å². The maximum atomic E-state index is 12.9. The van der Waals surface area contributed by atoms with Crippen molar-refractivity contribution in [3.05, 3.63) is 48.4 Å². The van der Waals surface area contributed by atoms with Gasteiger partial charge in [0.25, 0.3) is 0 Å². The van der Waals surface area contributed by atoms with Crippen molar-refractivity contribution >= 4 is 16.0 Å². The highest BCUT2D eigenvalue weighted by molar-refractivity contribution is 7.89. The predicted molar refractivity (Wildman–Crippen MR) is 92.2 cm³/mol. The highest BCUT2D eigenvalue weighted by Gasteiger charge is 2.31. The monoisotopic (exact) mass is 377 g/mol. The van der Waals surface area contributed by atoms with E-state index in [9.17, 15) is 13.2 Å². The second-order valence-electron chi connectivity index (χ2n) is 5.81. The van der Waals surface area contributed by atoms with Crippen LogP contribution in [0.5, 0.6) is 5.88 Å². The van der Waals surface area contributed by atoms with Crippen LogP contribution in [0.4, 0.5) is 0 Å². The number of sulfonamides is 1. The normalized spacial score (nSPS) is 18.3. The first kappa shape index (κ1) is 18.3. The first-order chi connectivity index (χ1) is 12.5. The van der Waals surface area contributed by atoms with E-state index in [0.29, 0.717) is 24.4 Å². The lowest BCUT2D eigenvalue weighted by Crippen LogP contribution is -2.44. The number of piperidine rings is 1. The molecule has 1 saturated heterocycles. The second-order valence-corrected chi connectivity index (χ2v) is 7.75. The van der Waals surface area contributed by atoms with Gasteiger partial charge >= 0.3 is 5.97 Å². The first-order valence-corrected chi connectivity index (χ1v) is 9.56. The number of aromatic nitrogens is 2. The minimum Gasteiger partial charge on any atom is -0.473 e. The van der Waals surface area contributed by atoms with Crippen LogP contribution < -0.4 is 4.74 Å². The first-order valence-electron chi connectivity index (χ1n) is 8.12. The summed E-state index contributed by atoms with van der Waals surface area (Å²) in [5, 5.41) is 0. The van der Waals surface area contributed by atoms with Gasteiger partial charge in [0.05, 0.1) is 24.1 Å². The van der Waals surface area contributed by atoms with Crippen molar-refractivity contribution in [1.29, 1.82) is 0 Å². The fraction of sp³-hybridized carbons (Fsp3) is 0.353. The molecule has 0 radical (unpaired) electrons. The molecule has 1 atom stereocenters. The lowest BCUT2D eigenvalue weighted by atomic mass is 10.1. The average molecular weight is 377 g/mol. The number of nitrogens with zero attached hydrogens (tertiary/aromatic N) is 3. The Hall–Kier alpha value is -2.52. The van der Waals surface area contributed by atoms with Crippen molar-refractivity contribution < 1.29 is 22.7 Å². The molecule has 1 aliphatic heterocycles. The molecule has 9 heteroatoms. The van der Waals surface area contributed by atoms with Gasteiger partial charge in [0.15, 0.2) is 0 Å². The molecular weight excluding hydrogens is 358 g/mol. The maximum Gasteiger partial charge on any atom is 0.337 e.